The summed E-state index contributed by atoms with van der Waals surface area (Å²) in [5.74, 6) is 0.969. The average molecular weight is 277 g/mol. The third kappa shape index (κ3) is 4.42. The first kappa shape index (κ1) is 15.2. The second kappa shape index (κ2) is 6.99. The van der Waals surface area contributed by atoms with E-state index >= 15 is 0 Å². The summed E-state index contributed by atoms with van der Waals surface area (Å²) in [4.78, 5) is 4.50. The van der Waals surface area contributed by atoms with Gasteiger partial charge in [-0.2, -0.15) is 5.10 Å². The fourth-order valence-electron chi connectivity index (χ4n) is 2.46. The average Bonchev–Trinajstić information content (AvgIpc) is 3.22. The molecule has 1 atom stereocenters. The van der Waals surface area contributed by atoms with E-state index in [0.29, 0.717) is 12.1 Å². The van der Waals surface area contributed by atoms with Gasteiger partial charge < -0.3 is 15.1 Å². The number of rotatable bonds is 8. The minimum absolute atomic E-state index is 0.430. The van der Waals surface area contributed by atoms with Crippen molar-refractivity contribution in [2.24, 2.45) is 0 Å². The van der Waals surface area contributed by atoms with Crippen LogP contribution < -0.4 is 10.2 Å². The Hall–Kier alpha value is -1.20. The van der Waals surface area contributed by atoms with E-state index in [4.69, 9.17) is 0 Å². The maximum Gasteiger partial charge on any atom is 0.151 e. The van der Waals surface area contributed by atoms with Gasteiger partial charge in [0.1, 0.15) is 0 Å². The first-order valence-corrected chi connectivity index (χ1v) is 7.57. The van der Waals surface area contributed by atoms with E-state index in [1.54, 1.807) is 0 Å². The van der Waals surface area contributed by atoms with Gasteiger partial charge in [0.25, 0.3) is 0 Å². The minimum atomic E-state index is 0.430. The molecule has 0 amide bonds. The van der Waals surface area contributed by atoms with Gasteiger partial charge in [-0.1, -0.05) is 0 Å². The van der Waals surface area contributed by atoms with Crippen molar-refractivity contribution in [3.63, 3.8) is 0 Å². The van der Waals surface area contributed by atoms with Crippen LogP contribution in [-0.2, 0) is 6.54 Å². The zero-order valence-electron chi connectivity index (χ0n) is 13.1. The summed E-state index contributed by atoms with van der Waals surface area (Å²) in [5.41, 5.74) is 1.02. The molecule has 0 radical (unpaired) electrons. The van der Waals surface area contributed by atoms with Crippen LogP contribution in [0.25, 0.3) is 0 Å². The molecule has 2 rings (SSSR count). The van der Waals surface area contributed by atoms with Crippen molar-refractivity contribution in [2.75, 3.05) is 32.1 Å². The normalized spacial score (nSPS) is 16.4. The smallest absolute Gasteiger partial charge is 0.151 e. The Morgan fingerprint density at radius 3 is 2.55 bits per heavy atom. The van der Waals surface area contributed by atoms with Crippen molar-refractivity contribution in [1.82, 2.24) is 20.4 Å². The number of nitrogens with one attached hydrogen (secondary N) is 1. The summed E-state index contributed by atoms with van der Waals surface area (Å²) in [6, 6.07) is 5.32. The number of aromatic nitrogens is 2. The van der Waals surface area contributed by atoms with Crippen LogP contribution >= 0.6 is 0 Å². The van der Waals surface area contributed by atoms with E-state index in [9.17, 15) is 0 Å². The monoisotopic (exact) mass is 277 g/mol. The molecule has 112 valence electrons. The lowest BCUT2D eigenvalue weighted by molar-refractivity contribution is 0.372. The third-order valence-corrected chi connectivity index (χ3v) is 3.65. The quantitative estimate of drug-likeness (QED) is 0.780. The molecule has 0 aromatic carbocycles. The van der Waals surface area contributed by atoms with Crippen LogP contribution in [0.5, 0.6) is 0 Å². The van der Waals surface area contributed by atoms with Crippen LogP contribution in [-0.4, -0.2) is 54.4 Å². The Morgan fingerprint density at radius 2 is 2.05 bits per heavy atom. The Kier molecular flexibility index (Phi) is 5.31. The zero-order chi connectivity index (χ0) is 14.5. The van der Waals surface area contributed by atoms with E-state index in [-0.39, 0.29) is 0 Å². The molecule has 1 fully saturated rings. The van der Waals surface area contributed by atoms with Crippen molar-refractivity contribution in [1.29, 1.82) is 0 Å². The molecule has 5 heteroatoms. The number of hydrogen-bond acceptors (Lipinski definition) is 5. The first-order valence-electron chi connectivity index (χ1n) is 7.57. The summed E-state index contributed by atoms with van der Waals surface area (Å²) in [7, 11) is 4.20. The molecule has 1 N–H and O–H groups in total. The molecule has 20 heavy (non-hydrogen) atoms. The molecule has 1 aromatic heterocycles. The SMILES string of the molecule is CCN(c1ccc(CNC2CC2)nn1)C(C)CN(C)C. The fraction of sp³-hybridized carbons (Fsp3) is 0.733. The first-order chi connectivity index (χ1) is 9.60. The van der Waals surface area contributed by atoms with Crippen LogP contribution in [0.2, 0.25) is 0 Å². The number of nitrogens with zero attached hydrogens (tertiary/aromatic N) is 4. The highest BCUT2D eigenvalue weighted by Crippen LogP contribution is 2.19. The highest BCUT2D eigenvalue weighted by Gasteiger charge is 2.20. The molecule has 1 aromatic rings. The van der Waals surface area contributed by atoms with Crippen molar-refractivity contribution >= 4 is 5.82 Å². The zero-order valence-corrected chi connectivity index (χ0v) is 13.1. The molecular weight excluding hydrogens is 250 g/mol. The summed E-state index contributed by atoms with van der Waals surface area (Å²) < 4.78 is 0. The van der Waals surface area contributed by atoms with Gasteiger partial charge in [-0.3, -0.25) is 0 Å². The molecule has 1 saturated carbocycles. The largest absolute Gasteiger partial charge is 0.351 e. The predicted molar refractivity (Wildman–Crippen MR) is 82.9 cm³/mol. The molecule has 1 heterocycles. The van der Waals surface area contributed by atoms with Crippen molar-refractivity contribution < 1.29 is 0 Å². The Morgan fingerprint density at radius 1 is 1.30 bits per heavy atom. The molecule has 5 nitrogen and oxygen atoms in total. The second-order valence-electron chi connectivity index (χ2n) is 5.94. The number of likely N-dealkylation sites (N-methyl/N-ethyl adjacent to an activating group) is 2. The van der Waals surface area contributed by atoms with Crippen molar-refractivity contribution in [2.45, 2.75) is 45.3 Å². The van der Waals surface area contributed by atoms with E-state index in [0.717, 1.165) is 31.1 Å². The standard InChI is InChI=1S/C15H27N5/c1-5-20(12(2)11-19(3)4)15-9-8-14(17-18-15)10-16-13-6-7-13/h8-9,12-13,16H,5-7,10-11H2,1-4H3. The molecule has 0 aliphatic heterocycles. The van der Waals surface area contributed by atoms with E-state index < -0.39 is 0 Å². The molecule has 1 aliphatic rings. The van der Waals surface area contributed by atoms with Crippen molar-refractivity contribution in [3.05, 3.63) is 17.8 Å². The molecule has 0 spiro atoms. The Bertz CT molecular complexity index is 399. The topological polar surface area (TPSA) is 44.3 Å². The van der Waals surface area contributed by atoms with Gasteiger partial charge in [-0.25, -0.2) is 0 Å². The van der Waals surface area contributed by atoms with E-state index in [1.807, 2.05) is 0 Å². The van der Waals surface area contributed by atoms with Gasteiger partial charge in [0.05, 0.1) is 5.69 Å². The number of anilines is 1. The van der Waals surface area contributed by atoms with Gasteiger partial charge in [-0.15, -0.1) is 5.10 Å². The van der Waals surface area contributed by atoms with Crippen LogP contribution in [0.4, 0.5) is 5.82 Å². The molecule has 0 saturated heterocycles. The lowest BCUT2D eigenvalue weighted by Crippen LogP contribution is -2.40. The minimum Gasteiger partial charge on any atom is -0.351 e. The Labute approximate surface area is 122 Å². The van der Waals surface area contributed by atoms with Gasteiger partial charge >= 0.3 is 0 Å². The predicted octanol–water partition coefficient (Wildman–Crippen LogP) is 1.50. The highest BCUT2D eigenvalue weighted by molar-refractivity contribution is 5.38. The molecule has 0 bridgehead atoms. The molecular formula is C15H27N5. The Balaban J connectivity index is 1.94. The van der Waals surface area contributed by atoms with E-state index in [2.05, 4.69) is 65.4 Å². The summed E-state index contributed by atoms with van der Waals surface area (Å²) in [6.07, 6.45) is 2.61. The summed E-state index contributed by atoms with van der Waals surface area (Å²) >= 11 is 0. The van der Waals surface area contributed by atoms with Gasteiger partial charge in [-0.05, 0) is 52.9 Å². The summed E-state index contributed by atoms with van der Waals surface area (Å²) in [6.45, 7) is 7.19. The van der Waals surface area contributed by atoms with Crippen LogP contribution in [0.3, 0.4) is 0 Å². The maximum atomic E-state index is 4.39. The fourth-order valence-corrected chi connectivity index (χ4v) is 2.46. The number of hydrogen-bond donors (Lipinski definition) is 1. The second-order valence-corrected chi connectivity index (χ2v) is 5.94. The van der Waals surface area contributed by atoms with Crippen LogP contribution in [0.15, 0.2) is 12.1 Å². The van der Waals surface area contributed by atoms with Crippen LogP contribution in [0, 0.1) is 0 Å². The maximum absolute atomic E-state index is 4.39. The third-order valence-electron chi connectivity index (χ3n) is 3.65. The van der Waals surface area contributed by atoms with Gasteiger partial charge in [0.15, 0.2) is 5.82 Å². The lowest BCUT2D eigenvalue weighted by Gasteiger charge is -2.30. The highest BCUT2D eigenvalue weighted by atomic mass is 15.3. The molecule has 1 unspecified atom stereocenters. The van der Waals surface area contributed by atoms with Gasteiger partial charge in [0.2, 0.25) is 0 Å². The lowest BCUT2D eigenvalue weighted by atomic mass is 10.2. The molecule has 1 aliphatic carbocycles. The van der Waals surface area contributed by atoms with Crippen LogP contribution in [0.1, 0.15) is 32.4 Å². The summed E-state index contributed by atoms with van der Waals surface area (Å²) in [5, 5.41) is 12.2. The van der Waals surface area contributed by atoms with Gasteiger partial charge in [0, 0.05) is 31.7 Å². The van der Waals surface area contributed by atoms with E-state index in [1.165, 1.54) is 12.8 Å². The van der Waals surface area contributed by atoms with Crippen molar-refractivity contribution in [3.8, 4) is 0 Å².